The second-order valence-corrected chi connectivity index (χ2v) is 4.58. The van der Waals surface area contributed by atoms with Gasteiger partial charge in [0, 0.05) is 32.4 Å². The Kier molecular flexibility index (Phi) is 7.00. The van der Waals surface area contributed by atoms with Crippen LogP contribution in [0.15, 0.2) is 18.3 Å². The molecule has 2 N–H and O–H groups in total. The lowest BCUT2D eigenvalue weighted by molar-refractivity contribution is -0.137. The first-order valence-corrected chi connectivity index (χ1v) is 6.81. The van der Waals surface area contributed by atoms with Crippen LogP contribution in [0.1, 0.15) is 25.3 Å². The third-order valence-corrected chi connectivity index (χ3v) is 2.70. The van der Waals surface area contributed by atoms with Gasteiger partial charge in [0.2, 0.25) is 5.88 Å². The maximum absolute atomic E-state index is 11.7. The Balaban J connectivity index is 2.36. The van der Waals surface area contributed by atoms with Gasteiger partial charge >= 0.3 is 12.0 Å². The summed E-state index contributed by atoms with van der Waals surface area (Å²) in [5.41, 5.74) is 0.846. The maximum atomic E-state index is 11.7. The fourth-order valence-corrected chi connectivity index (χ4v) is 1.49. The molecule has 2 amide bonds. The average molecular weight is 295 g/mol. The largest absolute Gasteiger partial charge is 0.481 e. The number of ether oxygens (including phenoxy) is 1. The van der Waals surface area contributed by atoms with Gasteiger partial charge in [0.15, 0.2) is 0 Å². The molecule has 7 nitrogen and oxygen atoms in total. The first-order valence-electron chi connectivity index (χ1n) is 6.81. The number of aromatic nitrogens is 1. The van der Waals surface area contributed by atoms with Gasteiger partial charge in [0.05, 0.1) is 13.0 Å². The van der Waals surface area contributed by atoms with Gasteiger partial charge in [0.25, 0.3) is 0 Å². The number of nitrogens with zero attached hydrogens (tertiary/aromatic N) is 2. The lowest BCUT2D eigenvalue weighted by Crippen LogP contribution is -2.37. The molecule has 1 aromatic heterocycles. The van der Waals surface area contributed by atoms with Crippen LogP contribution in [-0.2, 0) is 11.3 Å². The van der Waals surface area contributed by atoms with Gasteiger partial charge in [-0.15, -0.1) is 0 Å². The highest BCUT2D eigenvalue weighted by atomic mass is 16.5. The Morgan fingerprint density at radius 3 is 2.76 bits per heavy atom. The number of amides is 2. The predicted molar refractivity (Wildman–Crippen MR) is 77.1 cm³/mol. The van der Waals surface area contributed by atoms with Crippen molar-refractivity contribution in [2.75, 3.05) is 20.2 Å². The van der Waals surface area contributed by atoms with E-state index < -0.39 is 5.97 Å². The molecule has 0 saturated carbocycles. The van der Waals surface area contributed by atoms with Gasteiger partial charge in [-0.1, -0.05) is 13.0 Å². The number of pyridine rings is 1. The van der Waals surface area contributed by atoms with E-state index in [1.807, 2.05) is 13.0 Å². The van der Waals surface area contributed by atoms with Crippen LogP contribution in [0.5, 0.6) is 5.88 Å². The number of aliphatic carboxylic acids is 1. The summed E-state index contributed by atoms with van der Waals surface area (Å²) in [7, 11) is 1.55. The zero-order valence-corrected chi connectivity index (χ0v) is 12.3. The van der Waals surface area contributed by atoms with Crippen molar-refractivity contribution in [1.82, 2.24) is 15.2 Å². The highest BCUT2D eigenvalue weighted by Crippen LogP contribution is 2.07. The summed E-state index contributed by atoms with van der Waals surface area (Å²) < 4.78 is 5.37. The van der Waals surface area contributed by atoms with Gasteiger partial charge < -0.3 is 20.1 Å². The van der Waals surface area contributed by atoms with E-state index in [0.717, 1.165) is 12.0 Å². The van der Waals surface area contributed by atoms with Gasteiger partial charge in [0.1, 0.15) is 0 Å². The summed E-state index contributed by atoms with van der Waals surface area (Å²) >= 11 is 0. The summed E-state index contributed by atoms with van der Waals surface area (Å²) in [6.45, 7) is 3.14. The molecule has 21 heavy (non-hydrogen) atoms. The fourth-order valence-electron chi connectivity index (χ4n) is 1.49. The summed E-state index contributed by atoms with van der Waals surface area (Å²) in [5.74, 6) is -0.368. The summed E-state index contributed by atoms with van der Waals surface area (Å²) in [5, 5.41) is 11.3. The normalized spacial score (nSPS) is 10.0. The Morgan fingerprint density at radius 1 is 1.43 bits per heavy atom. The van der Waals surface area contributed by atoms with E-state index in [9.17, 15) is 9.59 Å². The molecule has 7 heteroatoms. The average Bonchev–Trinajstić information content (AvgIpc) is 2.49. The van der Waals surface area contributed by atoms with E-state index in [0.29, 0.717) is 19.0 Å². The first kappa shape index (κ1) is 16.7. The lowest BCUT2D eigenvalue weighted by atomic mass is 10.3. The maximum Gasteiger partial charge on any atom is 0.317 e. The van der Waals surface area contributed by atoms with Crippen LogP contribution in [0.3, 0.4) is 0 Å². The summed E-state index contributed by atoms with van der Waals surface area (Å²) in [6.07, 6.45) is 2.49. The number of carbonyl (C=O) groups is 2. The Morgan fingerprint density at radius 2 is 2.19 bits per heavy atom. The number of carboxylic acid groups (broad SMARTS) is 1. The van der Waals surface area contributed by atoms with Crippen molar-refractivity contribution in [3.63, 3.8) is 0 Å². The van der Waals surface area contributed by atoms with Crippen molar-refractivity contribution in [2.24, 2.45) is 0 Å². The molecule has 1 heterocycles. The predicted octanol–water partition coefficient (Wildman–Crippen LogP) is 1.49. The second-order valence-electron chi connectivity index (χ2n) is 4.58. The first-order chi connectivity index (χ1) is 10.0. The molecule has 1 aromatic rings. The zero-order chi connectivity index (χ0) is 15.7. The van der Waals surface area contributed by atoms with Crippen LogP contribution < -0.4 is 10.1 Å². The van der Waals surface area contributed by atoms with Gasteiger partial charge in [-0.3, -0.25) is 4.79 Å². The highest BCUT2D eigenvalue weighted by Gasteiger charge is 2.09. The van der Waals surface area contributed by atoms with Crippen LogP contribution >= 0.6 is 0 Å². The molecular formula is C14H21N3O4. The highest BCUT2D eigenvalue weighted by molar-refractivity contribution is 5.74. The van der Waals surface area contributed by atoms with Crippen LogP contribution in [0.25, 0.3) is 0 Å². The smallest absolute Gasteiger partial charge is 0.317 e. The van der Waals surface area contributed by atoms with Crippen LogP contribution in [0.4, 0.5) is 4.79 Å². The number of rotatable bonds is 8. The third-order valence-electron chi connectivity index (χ3n) is 2.70. The quantitative estimate of drug-likeness (QED) is 0.758. The summed E-state index contributed by atoms with van der Waals surface area (Å²) in [6, 6.07) is 3.27. The third kappa shape index (κ3) is 6.60. The van der Waals surface area contributed by atoms with Crippen molar-refractivity contribution in [3.05, 3.63) is 23.9 Å². The van der Waals surface area contributed by atoms with E-state index in [-0.39, 0.29) is 19.0 Å². The van der Waals surface area contributed by atoms with E-state index >= 15 is 0 Å². The number of carbonyl (C=O) groups excluding carboxylic acids is 1. The van der Waals surface area contributed by atoms with E-state index in [1.165, 1.54) is 4.90 Å². The molecule has 0 aliphatic rings. The molecule has 0 aliphatic heterocycles. The number of hydrogen-bond donors (Lipinski definition) is 2. The Bertz CT molecular complexity index is 462. The Labute approximate surface area is 123 Å². The molecule has 116 valence electrons. The van der Waals surface area contributed by atoms with Crippen molar-refractivity contribution in [2.45, 2.75) is 26.3 Å². The molecular weight excluding hydrogens is 274 g/mol. The van der Waals surface area contributed by atoms with E-state index in [1.54, 1.807) is 19.3 Å². The van der Waals surface area contributed by atoms with Gasteiger partial charge in [-0.25, -0.2) is 9.78 Å². The standard InChI is InChI=1S/C14H21N3O4/c1-3-8-21-12-5-4-11(9-15-12)10-16-14(20)17(2)7-6-13(18)19/h4-5,9H,3,6-8,10H2,1-2H3,(H,16,20)(H,18,19). The number of hydrogen-bond acceptors (Lipinski definition) is 4. The van der Waals surface area contributed by atoms with E-state index in [2.05, 4.69) is 10.3 Å². The van der Waals surface area contributed by atoms with Crippen LogP contribution in [-0.4, -0.2) is 47.2 Å². The molecule has 0 aliphatic carbocycles. The molecule has 0 fully saturated rings. The molecule has 0 saturated heterocycles. The molecule has 0 unspecified atom stereocenters. The molecule has 0 spiro atoms. The zero-order valence-electron chi connectivity index (χ0n) is 12.3. The molecule has 1 rings (SSSR count). The number of nitrogens with one attached hydrogen (secondary N) is 1. The summed E-state index contributed by atoms with van der Waals surface area (Å²) in [4.78, 5) is 27.6. The molecule has 0 bridgehead atoms. The lowest BCUT2D eigenvalue weighted by Gasteiger charge is -2.16. The monoisotopic (exact) mass is 295 g/mol. The minimum Gasteiger partial charge on any atom is -0.481 e. The minimum absolute atomic E-state index is 0.0745. The molecule has 0 radical (unpaired) electrons. The fraction of sp³-hybridized carbons (Fsp3) is 0.500. The molecule has 0 atom stereocenters. The number of urea groups is 1. The topological polar surface area (TPSA) is 91.8 Å². The van der Waals surface area contributed by atoms with Crippen molar-refractivity contribution >= 4 is 12.0 Å². The van der Waals surface area contributed by atoms with Crippen molar-refractivity contribution < 1.29 is 19.4 Å². The number of carboxylic acids is 1. The second kappa shape index (κ2) is 8.78. The van der Waals surface area contributed by atoms with Crippen LogP contribution in [0, 0.1) is 0 Å². The van der Waals surface area contributed by atoms with Crippen LogP contribution in [0.2, 0.25) is 0 Å². The minimum atomic E-state index is -0.929. The Hall–Kier alpha value is -2.31. The SMILES string of the molecule is CCCOc1ccc(CNC(=O)N(C)CCC(=O)O)cn1. The van der Waals surface area contributed by atoms with Gasteiger partial charge in [-0.2, -0.15) is 0 Å². The van der Waals surface area contributed by atoms with Crippen molar-refractivity contribution in [3.8, 4) is 5.88 Å². The van der Waals surface area contributed by atoms with Crippen molar-refractivity contribution in [1.29, 1.82) is 0 Å². The van der Waals surface area contributed by atoms with E-state index in [4.69, 9.17) is 9.84 Å². The molecule has 0 aromatic carbocycles. The van der Waals surface area contributed by atoms with Gasteiger partial charge in [-0.05, 0) is 12.0 Å².